The molecule has 0 saturated heterocycles. The molecule has 3 aromatic rings. The molecule has 0 saturated carbocycles. The van der Waals surface area contributed by atoms with Gasteiger partial charge in [-0.15, -0.1) is 11.8 Å². The van der Waals surface area contributed by atoms with E-state index in [-0.39, 0.29) is 18.1 Å². The topological polar surface area (TPSA) is 64.4 Å². The van der Waals surface area contributed by atoms with Crippen LogP contribution in [0.1, 0.15) is 21.8 Å². The van der Waals surface area contributed by atoms with E-state index in [1.165, 1.54) is 12.1 Å². The van der Waals surface area contributed by atoms with E-state index in [0.29, 0.717) is 6.54 Å². The summed E-state index contributed by atoms with van der Waals surface area (Å²) in [7, 11) is 0. The van der Waals surface area contributed by atoms with Gasteiger partial charge in [-0.1, -0.05) is 23.4 Å². The van der Waals surface area contributed by atoms with Crippen molar-refractivity contribution in [3.05, 3.63) is 77.2 Å². The normalized spacial score (nSPS) is 10.6. The Hall–Kier alpha value is -2.87. The predicted octanol–water partition coefficient (Wildman–Crippen LogP) is 4.18. The monoisotopic (exact) mass is 390 g/mol. The fourth-order valence-electron chi connectivity index (χ4n) is 2.31. The number of halogens is 2. The fourth-order valence-corrected chi connectivity index (χ4v) is 2.79. The molecule has 1 aromatic heterocycles. The van der Waals surface area contributed by atoms with Gasteiger partial charge in [0.25, 0.3) is 5.91 Å². The number of carbonyl (C=O) groups excluding carboxylic acids is 1. The highest BCUT2D eigenvalue weighted by Crippen LogP contribution is 2.22. The van der Waals surface area contributed by atoms with Crippen molar-refractivity contribution in [3.63, 3.8) is 0 Å². The Balaban J connectivity index is 1.57. The molecule has 27 heavy (non-hydrogen) atoms. The molecule has 0 aliphatic carbocycles. The van der Waals surface area contributed by atoms with E-state index in [1.807, 2.05) is 30.5 Å². The van der Waals surface area contributed by atoms with Crippen LogP contribution in [-0.4, -0.2) is 17.3 Å². The van der Waals surface area contributed by atoms with E-state index < -0.39 is 23.3 Å². The number of benzene rings is 2. The molecule has 0 aliphatic rings. The first kappa shape index (κ1) is 18.9. The van der Waals surface area contributed by atoms with Crippen LogP contribution in [0.2, 0.25) is 0 Å². The first-order valence-electron chi connectivity index (χ1n) is 8.00. The smallest absolute Gasteiger partial charge is 0.273 e. The van der Waals surface area contributed by atoms with Crippen molar-refractivity contribution >= 4 is 17.7 Å². The summed E-state index contributed by atoms with van der Waals surface area (Å²) in [5.41, 5.74) is 1.01. The molecule has 2 aromatic carbocycles. The van der Waals surface area contributed by atoms with Gasteiger partial charge in [-0.25, -0.2) is 8.78 Å². The fraction of sp³-hybridized carbons (Fsp3) is 0.158. The summed E-state index contributed by atoms with van der Waals surface area (Å²) in [6.07, 6.45) is 1.98. The van der Waals surface area contributed by atoms with E-state index in [0.717, 1.165) is 22.6 Å². The van der Waals surface area contributed by atoms with E-state index in [1.54, 1.807) is 11.8 Å². The number of nitrogens with one attached hydrogen (secondary N) is 1. The molecule has 1 heterocycles. The molecule has 0 fully saturated rings. The van der Waals surface area contributed by atoms with Crippen molar-refractivity contribution < 1.29 is 22.8 Å². The Kier molecular flexibility index (Phi) is 6.08. The van der Waals surface area contributed by atoms with Gasteiger partial charge in [-0.2, -0.15) is 0 Å². The van der Waals surface area contributed by atoms with Crippen molar-refractivity contribution in [1.29, 1.82) is 0 Å². The Morgan fingerprint density at radius 1 is 1.19 bits per heavy atom. The van der Waals surface area contributed by atoms with Gasteiger partial charge >= 0.3 is 0 Å². The largest absolute Gasteiger partial charge is 0.479 e. The maximum Gasteiger partial charge on any atom is 0.273 e. The highest BCUT2D eigenvalue weighted by Gasteiger charge is 2.15. The molecular formula is C19H16F2N2O3S. The van der Waals surface area contributed by atoms with Crippen LogP contribution in [0, 0.1) is 11.6 Å². The second-order valence-corrected chi connectivity index (χ2v) is 6.43. The summed E-state index contributed by atoms with van der Waals surface area (Å²) < 4.78 is 37.1. The highest BCUT2D eigenvalue weighted by molar-refractivity contribution is 7.98. The third-order valence-corrected chi connectivity index (χ3v) is 4.38. The number of rotatable bonds is 7. The van der Waals surface area contributed by atoms with Crippen molar-refractivity contribution in [2.24, 2.45) is 0 Å². The summed E-state index contributed by atoms with van der Waals surface area (Å²) in [4.78, 5) is 13.3. The van der Waals surface area contributed by atoms with Crippen LogP contribution in [0.15, 0.2) is 57.9 Å². The zero-order valence-corrected chi connectivity index (χ0v) is 15.2. The van der Waals surface area contributed by atoms with Gasteiger partial charge in [-0.05, 0) is 36.1 Å². The molecule has 0 spiro atoms. The molecule has 5 nitrogen and oxygen atoms in total. The summed E-state index contributed by atoms with van der Waals surface area (Å²) in [5.74, 6) is -2.39. The lowest BCUT2D eigenvalue weighted by molar-refractivity contribution is 0.0941. The molecule has 140 valence electrons. The van der Waals surface area contributed by atoms with Crippen molar-refractivity contribution in [2.45, 2.75) is 18.0 Å². The molecular weight excluding hydrogens is 374 g/mol. The van der Waals surface area contributed by atoms with Gasteiger partial charge < -0.3 is 14.6 Å². The number of ether oxygens (including phenoxy) is 1. The second kappa shape index (κ2) is 8.68. The average Bonchev–Trinajstić information content (AvgIpc) is 3.15. The summed E-state index contributed by atoms with van der Waals surface area (Å²) in [6.45, 7) is 0.0836. The Morgan fingerprint density at radius 2 is 1.93 bits per heavy atom. The van der Waals surface area contributed by atoms with Crippen molar-refractivity contribution in [1.82, 2.24) is 10.5 Å². The zero-order chi connectivity index (χ0) is 19.2. The summed E-state index contributed by atoms with van der Waals surface area (Å²) >= 11 is 1.62. The molecule has 3 rings (SSSR count). The lowest BCUT2D eigenvalue weighted by Crippen LogP contribution is -2.23. The number of nitrogens with zero attached hydrogens (tertiary/aromatic N) is 1. The van der Waals surface area contributed by atoms with E-state index in [4.69, 9.17) is 9.26 Å². The Bertz CT molecular complexity index is 926. The molecule has 0 aliphatic heterocycles. The molecule has 0 atom stereocenters. The maximum atomic E-state index is 13.5. The van der Waals surface area contributed by atoms with Crippen LogP contribution in [-0.2, 0) is 13.2 Å². The zero-order valence-electron chi connectivity index (χ0n) is 14.4. The van der Waals surface area contributed by atoms with Gasteiger partial charge in [0, 0.05) is 17.5 Å². The lowest BCUT2D eigenvalue weighted by atomic mass is 10.2. The number of thioether (sulfide) groups is 1. The SMILES string of the molecule is CSc1cccc(CNC(=O)c2cc(COc3c(F)cccc3F)on2)c1. The van der Waals surface area contributed by atoms with E-state index >= 15 is 0 Å². The van der Waals surface area contributed by atoms with Crippen LogP contribution < -0.4 is 10.1 Å². The van der Waals surface area contributed by atoms with Gasteiger partial charge in [0.15, 0.2) is 28.8 Å². The van der Waals surface area contributed by atoms with Gasteiger partial charge in [0.2, 0.25) is 0 Å². The first-order chi connectivity index (χ1) is 13.1. The number of hydrogen-bond donors (Lipinski definition) is 1. The van der Waals surface area contributed by atoms with Gasteiger partial charge in [-0.3, -0.25) is 4.79 Å². The summed E-state index contributed by atoms with van der Waals surface area (Å²) in [5, 5.41) is 6.40. The molecule has 8 heteroatoms. The predicted molar refractivity (Wildman–Crippen MR) is 96.6 cm³/mol. The number of amides is 1. The quantitative estimate of drug-likeness (QED) is 0.613. The van der Waals surface area contributed by atoms with Gasteiger partial charge in [0.1, 0.15) is 6.61 Å². The van der Waals surface area contributed by atoms with Crippen LogP contribution in [0.3, 0.4) is 0 Å². The molecule has 0 unspecified atom stereocenters. The maximum absolute atomic E-state index is 13.5. The third kappa shape index (κ3) is 4.85. The van der Waals surface area contributed by atoms with Crippen LogP contribution in [0.4, 0.5) is 8.78 Å². The highest BCUT2D eigenvalue weighted by atomic mass is 32.2. The molecule has 1 amide bonds. The average molecular weight is 390 g/mol. The standard InChI is InChI=1S/C19H16F2N2O3S/c1-27-14-5-2-4-12(8-14)10-22-19(24)17-9-13(26-23-17)11-25-18-15(20)6-3-7-16(18)21/h2-9H,10-11H2,1H3,(H,22,24). The Morgan fingerprint density at radius 3 is 2.67 bits per heavy atom. The number of aromatic nitrogens is 1. The van der Waals surface area contributed by atoms with E-state index in [2.05, 4.69) is 10.5 Å². The minimum atomic E-state index is -0.819. The summed E-state index contributed by atoms with van der Waals surface area (Å²) in [6, 6.07) is 12.6. The van der Waals surface area contributed by atoms with E-state index in [9.17, 15) is 13.6 Å². The molecule has 1 N–H and O–H groups in total. The van der Waals surface area contributed by atoms with Crippen LogP contribution >= 0.6 is 11.8 Å². The van der Waals surface area contributed by atoms with Crippen molar-refractivity contribution in [3.8, 4) is 5.75 Å². The number of para-hydroxylation sites is 1. The third-order valence-electron chi connectivity index (χ3n) is 3.66. The van der Waals surface area contributed by atoms with Crippen LogP contribution in [0.25, 0.3) is 0 Å². The molecule has 0 radical (unpaired) electrons. The van der Waals surface area contributed by atoms with Crippen molar-refractivity contribution in [2.75, 3.05) is 6.26 Å². The minimum Gasteiger partial charge on any atom is -0.479 e. The lowest BCUT2D eigenvalue weighted by Gasteiger charge is -2.05. The minimum absolute atomic E-state index is 0.0589. The van der Waals surface area contributed by atoms with Crippen LogP contribution in [0.5, 0.6) is 5.75 Å². The van der Waals surface area contributed by atoms with Gasteiger partial charge in [0.05, 0.1) is 0 Å². The molecule has 0 bridgehead atoms. The first-order valence-corrected chi connectivity index (χ1v) is 9.23. The Labute approximate surface area is 158 Å². The number of carbonyl (C=O) groups is 1. The second-order valence-electron chi connectivity index (χ2n) is 5.55. The number of hydrogen-bond acceptors (Lipinski definition) is 5.